The molecule has 0 atom stereocenters. The van der Waals surface area contributed by atoms with Crippen LogP contribution in [0.4, 0.5) is 5.13 Å². The fraction of sp³-hybridized carbons (Fsp3) is 0.200. The van der Waals surface area contributed by atoms with Crippen molar-refractivity contribution in [3.8, 4) is 0 Å². The predicted molar refractivity (Wildman–Crippen MR) is 86.3 cm³/mol. The largest absolute Gasteiger partial charge is 0.311 e. The van der Waals surface area contributed by atoms with Crippen molar-refractivity contribution in [2.75, 3.05) is 5.32 Å². The Bertz CT molecular complexity index is 880. The van der Waals surface area contributed by atoms with Gasteiger partial charge < -0.3 is 10.3 Å². The normalized spacial score (nSPS) is 10.8. The van der Waals surface area contributed by atoms with Crippen LogP contribution in [0, 0.1) is 13.8 Å². The third-order valence-corrected chi connectivity index (χ3v) is 4.17. The van der Waals surface area contributed by atoms with Crippen LogP contribution in [0.1, 0.15) is 17.1 Å². The standard InChI is InChI=1S/C15H14N4O2S/c1-8-10(14(21)17-9(2)16-8)7-13(20)19-15-18-11-5-3-4-6-12(11)22-15/h3-6H,7H2,1-2H3,(H,16,17,21)(H,18,19,20). The van der Waals surface area contributed by atoms with E-state index in [0.717, 1.165) is 10.2 Å². The third kappa shape index (κ3) is 2.89. The minimum Gasteiger partial charge on any atom is -0.311 e. The Kier molecular flexibility index (Phi) is 3.72. The van der Waals surface area contributed by atoms with Gasteiger partial charge in [-0.25, -0.2) is 9.97 Å². The zero-order chi connectivity index (χ0) is 15.7. The van der Waals surface area contributed by atoms with Gasteiger partial charge in [0.15, 0.2) is 5.13 Å². The van der Waals surface area contributed by atoms with E-state index in [0.29, 0.717) is 22.2 Å². The lowest BCUT2D eigenvalue weighted by Gasteiger charge is -2.05. The van der Waals surface area contributed by atoms with E-state index in [1.807, 2.05) is 24.3 Å². The second kappa shape index (κ2) is 5.69. The van der Waals surface area contributed by atoms with Crippen molar-refractivity contribution in [2.45, 2.75) is 20.3 Å². The van der Waals surface area contributed by atoms with Gasteiger partial charge in [0.2, 0.25) is 5.91 Å². The van der Waals surface area contributed by atoms with Crippen LogP contribution in [0.3, 0.4) is 0 Å². The number of rotatable bonds is 3. The number of carbonyl (C=O) groups is 1. The van der Waals surface area contributed by atoms with Crippen LogP contribution in [-0.2, 0) is 11.2 Å². The molecular formula is C15H14N4O2S. The van der Waals surface area contributed by atoms with Crippen LogP contribution in [0.15, 0.2) is 29.1 Å². The molecule has 112 valence electrons. The smallest absolute Gasteiger partial charge is 0.254 e. The summed E-state index contributed by atoms with van der Waals surface area (Å²) < 4.78 is 1.00. The summed E-state index contributed by atoms with van der Waals surface area (Å²) in [6, 6.07) is 7.66. The second-order valence-electron chi connectivity index (χ2n) is 4.93. The molecule has 1 amide bonds. The number of aromatic nitrogens is 3. The number of amides is 1. The van der Waals surface area contributed by atoms with Crippen molar-refractivity contribution >= 4 is 32.6 Å². The van der Waals surface area contributed by atoms with E-state index in [-0.39, 0.29) is 17.9 Å². The maximum absolute atomic E-state index is 12.1. The zero-order valence-corrected chi connectivity index (χ0v) is 13.0. The van der Waals surface area contributed by atoms with Crippen LogP contribution in [0.25, 0.3) is 10.2 Å². The number of anilines is 1. The molecule has 6 nitrogen and oxygen atoms in total. The molecule has 0 unspecified atom stereocenters. The summed E-state index contributed by atoms with van der Waals surface area (Å²) in [4.78, 5) is 35.2. The van der Waals surface area contributed by atoms with Gasteiger partial charge in [-0.1, -0.05) is 23.5 Å². The number of nitrogens with zero attached hydrogens (tertiary/aromatic N) is 2. The first-order chi connectivity index (χ1) is 10.5. The second-order valence-corrected chi connectivity index (χ2v) is 5.96. The van der Waals surface area contributed by atoms with Gasteiger partial charge in [0, 0.05) is 11.3 Å². The molecule has 0 fully saturated rings. The molecule has 1 aromatic carbocycles. The zero-order valence-electron chi connectivity index (χ0n) is 12.1. The molecule has 2 aromatic heterocycles. The summed E-state index contributed by atoms with van der Waals surface area (Å²) >= 11 is 1.40. The van der Waals surface area contributed by atoms with E-state index in [4.69, 9.17) is 0 Å². The van der Waals surface area contributed by atoms with Gasteiger partial charge in [-0.2, -0.15) is 0 Å². The molecule has 0 radical (unpaired) electrons. The fourth-order valence-electron chi connectivity index (χ4n) is 2.21. The van der Waals surface area contributed by atoms with E-state index in [1.54, 1.807) is 13.8 Å². The minimum absolute atomic E-state index is 0.0234. The maximum atomic E-state index is 12.1. The lowest BCUT2D eigenvalue weighted by molar-refractivity contribution is -0.115. The molecule has 3 rings (SSSR count). The van der Waals surface area contributed by atoms with Crippen molar-refractivity contribution in [2.24, 2.45) is 0 Å². The number of aryl methyl sites for hydroxylation is 2. The van der Waals surface area contributed by atoms with Gasteiger partial charge in [-0.15, -0.1) is 0 Å². The number of carbonyl (C=O) groups excluding carboxylic acids is 1. The number of aromatic amines is 1. The molecule has 2 N–H and O–H groups in total. The average molecular weight is 314 g/mol. The van der Waals surface area contributed by atoms with Gasteiger partial charge in [-0.3, -0.25) is 9.59 Å². The highest BCUT2D eigenvalue weighted by Gasteiger charge is 2.13. The summed E-state index contributed by atoms with van der Waals surface area (Å²) in [5, 5.41) is 3.26. The minimum atomic E-state index is -0.279. The monoisotopic (exact) mass is 314 g/mol. The van der Waals surface area contributed by atoms with Gasteiger partial charge in [0.25, 0.3) is 5.56 Å². The Balaban J connectivity index is 1.79. The lowest BCUT2D eigenvalue weighted by atomic mass is 10.1. The van der Waals surface area contributed by atoms with E-state index >= 15 is 0 Å². The van der Waals surface area contributed by atoms with E-state index < -0.39 is 0 Å². The van der Waals surface area contributed by atoms with Crippen molar-refractivity contribution in [3.05, 3.63) is 51.7 Å². The van der Waals surface area contributed by atoms with E-state index in [1.165, 1.54) is 11.3 Å². The molecule has 0 bridgehead atoms. The van der Waals surface area contributed by atoms with Crippen LogP contribution >= 0.6 is 11.3 Å². The number of benzene rings is 1. The van der Waals surface area contributed by atoms with Crippen molar-refractivity contribution in [3.63, 3.8) is 0 Å². The number of para-hydroxylation sites is 1. The molecule has 2 heterocycles. The van der Waals surface area contributed by atoms with Crippen molar-refractivity contribution in [1.82, 2.24) is 15.0 Å². The van der Waals surface area contributed by atoms with Gasteiger partial charge in [-0.05, 0) is 26.0 Å². The summed E-state index contributed by atoms with van der Waals surface area (Å²) in [6.45, 7) is 3.43. The highest BCUT2D eigenvalue weighted by atomic mass is 32.1. The molecular weight excluding hydrogens is 300 g/mol. The molecule has 0 aliphatic carbocycles. The molecule has 0 spiro atoms. The number of fused-ring (bicyclic) bond motifs is 1. The topological polar surface area (TPSA) is 87.7 Å². The lowest BCUT2D eigenvalue weighted by Crippen LogP contribution is -2.23. The molecule has 0 saturated carbocycles. The number of hydrogen-bond donors (Lipinski definition) is 2. The number of thiazole rings is 1. The molecule has 0 saturated heterocycles. The van der Waals surface area contributed by atoms with Crippen LogP contribution in [-0.4, -0.2) is 20.9 Å². The first kappa shape index (κ1) is 14.4. The van der Waals surface area contributed by atoms with Crippen molar-refractivity contribution in [1.29, 1.82) is 0 Å². The highest BCUT2D eigenvalue weighted by molar-refractivity contribution is 7.22. The van der Waals surface area contributed by atoms with E-state index in [2.05, 4.69) is 20.3 Å². The summed E-state index contributed by atoms with van der Waals surface area (Å²) in [6.07, 6.45) is -0.0234. The molecule has 7 heteroatoms. The Morgan fingerprint density at radius 2 is 2.05 bits per heavy atom. The highest BCUT2D eigenvalue weighted by Crippen LogP contribution is 2.25. The van der Waals surface area contributed by atoms with Gasteiger partial charge >= 0.3 is 0 Å². The van der Waals surface area contributed by atoms with E-state index in [9.17, 15) is 9.59 Å². The quantitative estimate of drug-likeness (QED) is 0.775. The van der Waals surface area contributed by atoms with Crippen LogP contribution in [0.5, 0.6) is 0 Å². The SMILES string of the molecule is Cc1nc(C)c(CC(=O)Nc2nc3ccccc3s2)c(=O)[nH]1. The first-order valence-electron chi connectivity index (χ1n) is 6.75. The summed E-state index contributed by atoms with van der Waals surface area (Å²) in [7, 11) is 0. The Hall–Kier alpha value is -2.54. The Labute approximate surface area is 130 Å². The number of nitrogens with one attached hydrogen (secondary N) is 2. The van der Waals surface area contributed by atoms with Crippen molar-refractivity contribution < 1.29 is 4.79 Å². The molecule has 22 heavy (non-hydrogen) atoms. The van der Waals surface area contributed by atoms with Gasteiger partial charge in [0.1, 0.15) is 5.82 Å². The Morgan fingerprint density at radius 3 is 2.77 bits per heavy atom. The predicted octanol–water partition coefficient (Wildman–Crippen LogP) is 2.18. The maximum Gasteiger partial charge on any atom is 0.254 e. The summed E-state index contributed by atoms with van der Waals surface area (Å²) in [5.41, 5.74) is 1.52. The summed E-state index contributed by atoms with van der Waals surface area (Å²) in [5.74, 6) is 0.260. The number of H-pyrrole nitrogens is 1. The Morgan fingerprint density at radius 1 is 1.27 bits per heavy atom. The average Bonchev–Trinajstić information content (AvgIpc) is 2.84. The van der Waals surface area contributed by atoms with Crippen LogP contribution < -0.4 is 10.9 Å². The molecule has 3 aromatic rings. The van der Waals surface area contributed by atoms with Crippen LogP contribution in [0.2, 0.25) is 0 Å². The third-order valence-electron chi connectivity index (χ3n) is 3.22. The molecule has 0 aliphatic heterocycles. The fourth-order valence-corrected chi connectivity index (χ4v) is 3.09. The molecule has 0 aliphatic rings. The van der Waals surface area contributed by atoms with Gasteiger partial charge in [0.05, 0.1) is 16.6 Å². The first-order valence-corrected chi connectivity index (χ1v) is 7.56. The number of hydrogen-bond acceptors (Lipinski definition) is 5.